The van der Waals surface area contributed by atoms with E-state index in [4.69, 9.17) is 15.0 Å². The Morgan fingerprint density at radius 3 is 1.55 bits per heavy atom. The number of hydrogen-bond acceptors (Lipinski definition) is 4. The van der Waals surface area contributed by atoms with Gasteiger partial charge in [-0.1, -0.05) is 152 Å². The van der Waals surface area contributed by atoms with Gasteiger partial charge in [0, 0.05) is 53.3 Å². The highest BCUT2D eigenvalue weighted by Gasteiger charge is 2.19. The summed E-state index contributed by atoms with van der Waals surface area (Å²) in [5.41, 5.74) is 10.8. The molecule has 0 unspecified atom stereocenters. The van der Waals surface area contributed by atoms with Crippen molar-refractivity contribution in [3.63, 3.8) is 0 Å². The maximum absolute atomic E-state index is 5.34. The number of para-hydroxylation sites is 2. The zero-order valence-electron chi connectivity index (χ0n) is 30.2. The zero-order chi connectivity index (χ0) is 37.0. The molecule has 0 bridgehead atoms. The van der Waals surface area contributed by atoms with Gasteiger partial charge in [0.05, 0.1) is 11.0 Å². The van der Waals surface area contributed by atoms with Crippen LogP contribution in [0.3, 0.4) is 0 Å². The number of aromatic nitrogens is 4. The molecule has 11 aromatic rings. The molecule has 0 saturated carbocycles. The lowest BCUT2D eigenvalue weighted by Crippen LogP contribution is -2.02. The lowest BCUT2D eigenvalue weighted by atomic mass is 10.0. The first-order valence-corrected chi connectivity index (χ1v) is 19.6. The minimum atomic E-state index is 0.623. The summed E-state index contributed by atoms with van der Waals surface area (Å²) >= 11 is 1.79. The SMILES string of the molecule is c1ccc(-c2cc(-c3nc(-c4ccccc4)nc(-c4cccc5c4sc4cc(-c6ccccc6)ccc45)n3)cc(-n3c4ccccc4c4ccccc43)c2)cc1. The summed E-state index contributed by atoms with van der Waals surface area (Å²) in [6.07, 6.45) is 0. The third-order valence-corrected chi connectivity index (χ3v) is 11.8. The molecule has 0 aliphatic heterocycles. The summed E-state index contributed by atoms with van der Waals surface area (Å²) in [6, 6.07) is 68.6. The largest absolute Gasteiger partial charge is 0.309 e. The Labute approximate surface area is 327 Å². The van der Waals surface area contributed by atoms with E-state index in [2.05, 4.69) is 180 Å². The third-order valence-electron chi connectivity index (χ3n) is 10.6. The summed E-state index contributed by atoms with van der Waals surface area (Å²) in [4.78, 5) is 15.8. The second kappa shape index (κ2) is 13.3. The van der Waals surface area contributed by atoms with Crippen LogP contribution < -0.4 is 0 Å². The average molecular weight is 733 g/mol. The molecular weight excluding hydrogens is 701 g/mol. The Hall–Kier alpha value is -7.21. The normalized spacial score (nSPS) is 11.6. The molecule has 0 amide bonds. The average Bonchev–Trinajstić information content (AvgIpc) is 3.82. The Morgan fingerprint density at radius 1 is 0.339 bits per heavy atom. The molecular formula is C51H32N4S. The lowest BCUT2D eigenvalue weighted by Gasteiger charge is -2.14. The van der Waals surface area contributed by atoms with Crippen LogP contribution in [0.5, 0.6) is 0 Å². The van der Waals surface area contributed by atoms with Crippen molar-refractivity contribution < 1.29 is 0 Å². The van der Waals surface area contributed by atoms with Gasteiger partial charge >= 0.3 is 0 Å². The minimum Gasteiger partial charge on any atom is -0.309 e. The summed E-state index contributed by atoms with van der Waals surface area (Å²) in [5.74, 6) is 1.91. The Bertz CT molecular complexity index is 3190. The first kappa shape index (κ1) is 32.2. The van der Waals surface area contributed by atoms with E-state index >= 15 is 0 Å². The van der Waals surface area contributed by atoms with Crippen LogP contribution in [-0.2, 0) is 0 Å². The molecule has 8 aromatic carbocycles. The van der Waals surface area contributed by atoms with Gasteiger partial charge in [-0.25, -0.2) is 15.0 Å². The first-order chi connectivity index (χ1) is 27.7. The van der Waals surface area contributed by atoms with Crippen molar-refractivity contribution in [1.82, 2.24) is 19.5 Å². The van der Waals surface area contributed by atoms with Gasteiger partial charge in [0.15, 0.2) is 17.5 Å². The van der Waals surface area contributed by atoms with Crippen LogP contribution in [0.2, 0.25) is 0 Å². The molecule has 3 heterocycles. The van der Waals surface area contributed by atoms with Crippen molar-refractivity contribution in [3.05, 3.63) is 194 Å². The van der Waals surface area contributed by atoms with Gasteiger partial charge in [-0.15, -0.1) is 11.3 Å². The number of hydrogen-bond donors (Lipinski definition) is 0. The minimum absolute atomic E-state index is 0.623. The number of benzene rings is 8. The van der Waals surface area contributed by atoms with Gasteiger partial charge in [-0.3, -0.25) is 0 Å². The number of nitrogens with zero attached hydrogens (tertiary/aromatic N) is 4. The molecule has 4 nitrogen and oxygen atoms in total. The number of thiophene rings is 1. The van der Waals surface area contributed by atoms with Crippen molar-refractivity contribution in [2.75, 3.05) is 0 Å². The smallest absolute Gasteiger partial charge is 0.165 e. The number of rotatable bonds is 6. The Kier molecular flexibility index (Phi) is 7.64. The van der Waals surface area contributed by atoms with Gasteiger partial charge in [-0.05, 0) is 64.7 Å². The predicted octanol–water partition coefficient (Wildman–Crippen LogP) is 13.7. The van der Waals surface area contributed by atoms with Gasteiger partial charge < -0.3 is 4.57 Å². The van der Waals surface area contributed by atoms with Crippen molar-refractivity contribution in [2.45, 2.75) is 0 Å². The fourth-order valence-corrected chi connectivity index (χ4v) is 9.24. The molecule has 0 aliphatic carbocycles. The van der Waals surface area contributed by atoms with E-state index in [1.54, 1.807) is 11.3 Å². The van der Waals surface area contributed by atoms with E-state index in [0.717, 1.165) is 49.2 Å². The van der Waals surface area contributed by atoms with E-state index in [1.165, 1.54) is 37.4 Å². The first-order valence-electron chi connectivity index (χ1n) is 18.8. The third kappa shape index (κ3) is 5.48. The van der Waals surface area contributed by atoms with Crippen LogP contribution in [0, 0.1) is 0 Å². The molecule has 0 atom stereocenters. The summed E-state index contributed by atoms with van der Waals surface area (Å²) < 4.78 is 4.76. The van der Waals surface area contributed by atoms with Crippen molar-refractivity contribution >= 4 is 53.3 Å². The maximum Gasteiger partial charge on any atom is 0.165 e. The van der Waals surface area contributed by atoms with Crippen molar-refractivity contribution in [2.24, 2.45) is 0 Å². The zero-order valence-corrected chi connectivity index (χ0v) is 31.0. The molecule has 0 spiro atoms. The van der Waals surface area contributed by atoms with Crippen LogP contribution in [0.1, 0.15) is 0 Å². The van der Waals surface area contributed by atoms with Crippen molar-refractivity contribution in [1.29, 1.82) is 0 Å². The van der Waals surface area contributed by atoms with Gasteiger partial charge in [0.25, 0.3) is 0 Å². The molecule has 3 aromatic heterocycles. The summed E-state index contributed by atoms with van der Waals surface area (Å²) in [5, 5.41) is 4.87. The molecule has 11 rings (SSSR count). The highest BCUT2D eigenvalue weighted by atomic mass is 32.1. The van der Waals surface area contributed by atoms with Gasteiger partial charge in [0.2, 0.25) is 0 Å². The highest BCUT2D eigenvalue weighted by molar-refractivity contribution is 7.26. The Balaban J connectivity index is 1.15. The fraction of sp³-hybridized carbons (Fsp3) is 0. The quantitative estimate of drug-likeness (QED) is 0.171. The summed E-state index contributed by atoms with van der Waals surface area (Å²) in [7, 11) is 0. The summed E-state index contributed by atoms with van der Waals surface area (Å²) in [6.45, 7) is 0. The van der Waals surface area contributed by atoms with E-state index < -0.39 is 0 Å². The molecule has 0 fully saturated rings. The second-order valence-corrected chi connectivity index (χ2v) is 15.1. The van der Waals surface area contributed by atoms with E-state index in [0.29, 0.717) is 17.5 Å². The molecule has 0 aliphatic rings. The fourth-order valence-electron chi connectivity index (χ4n) is 7.99. The molecule has 5 heteroatoms. The molecule has 0 N–H and O–H groups in total. The monoisotopic (exact) mass is 732 g/mol. The maximum atomic E-state index is 5.34. The second-order valence-electron chi connectivity index (χ2n) is 14.0. The van der Waals surface area contributed by atoms with E-state index in [1.807, 2.05) is 18.2 Å². The predicted molar refractivity (Wildman–Crippen MR) is 234 cm³/mol. The van der Waals surface area contributed by atoms with Crippen LogP contribution in [0.4, 0.5) is 0 Å². The lowest BCUT2D eigenvalue weighted by molar-refractivity contribution is 1.07. The molecule has 0 radical (unpaired) electrons. The van der Waals surface area contributed by atoms with Crippen molar-refractivity contribution in [3.8, 4) is 62.1 Å². The topological polar surface area (TPSA) is 43.6 Å². The molecule has 56 heavy (non-hydrogen) atoms. The number of fused-ring (bicyclic) bond motifs is 6. The Morgan fingerprint density at radius 2 is 0.875 bits per heavy atom. The van der Waals surface area contributed by atoms with Gasteiger partial charge in [-0.2, -0.15) is 0 Å². The van der Waals surface area contributed by atoms with E-state index in [9.17, 15) is 0 Å². The standard InChI is InChI=1S/C51H32N4S/c1-4-15-33(16-5-1)36-27-28-42-43-23-14-24-44(48(43)56-47(42)32-36)51-53-49(35-19-8-3-9-20-35)52-50(54-51)38-29-37(34-17-6-2-7-18-34)30-39(31-38)55-45-25-12-10-21-40(45)41-22-11-13-26-46(41)55/h1-32H. The van der Waals surface area contributed by atoms with Gasteiger partial charge in [0.1, 0.15) is 0 Å². The van der Waals surface area contributed by atoms with Crippen LogP contribution in [0.25, 0.3) is 104 Å². The molecule has 262 valence electrons. The van der Waals surface area contributed by atoms with Crippen LogP contribution in [-0.4, -0.2) is 19.5 Å². The van der Waals surface area contributed by atoms with E-state index in [-0.39, 0.29) is 0 Å². The highest BCUT2D eigenvalue weighted by Crippen LogP contribution is 2.42. The van der Waals surface area contributed by atoms with Crippen LogP contribution >= 0.6 is 11.3 Å². The molecule has 0 saturated heterocycles. The van der Waals surface area contributed by atoms with Crippen LogP contribution in [0.15, 0.2) is 194 Å².